The molecular formula is C17H22N4. The molecule has 0 spiro atoms. The van der Waals surface area contributed by atoms with Crippen LogP contribution >= 0.6 is 0 Å². The zero-order valence-corrected chi connectivity index (χ0v) is 12.2. The first-order valence-corrected chi connectivity index (χ1v) is 7.64. The second kappa shape index (κ2) is 6.70. The van der Waals surface area contributed by atoms with Crippen LogP contribution < -0.4 is 11.3 Å². The largest absolute Gasteiger partial charge is 0.271 e. The quantitative estimate of drug-likeness (QED) is 0.514. The highest BCUT2D eigenvalue weighted by atomic mass is 15.3. The summed E-state index contributed by atoms with van der Waals surface area (Å²) in [5.74, 6) is 5.79. The third-order valence-corrected chi connectivity index (χ3v) is 4.04. The molecule has 0 radical (unpaired) electrons. The average molecular weight is 282 g/mol. The highest BCUT2D eigenvalue weighted by molar-refractivity contribution is 5.32. The molecule has 1 aliphatic carbocycles. The van der Waals surface area contributed by atoms with E-state index in [1.165, 1.54) is 24.8 Å². The van der Waals surface area contributed by atoms with E-state index in [4.69, 9.17) is 10.9 Å². The Hall–Kier alpha value is -1.91. The van der Waals surface area contributed by atoms with E-state index in [2.05, 4.69) is 11.5 Å². The van der Waals surface area contributed by atoms with Crippen molar-refractivity contribution in [2.75, 3.05) is 0 Å². The van der Waals surface area contributed by atoms with Gasteiger partial charge < -0.3 is 0 Å². The Morgan fingerprint density at radius 1 is 1.10 bits per heavy atom. The minimum atomic E-state index is 0.0214. The molecular weight excluding hydrogens is 260 g/mol. The van der Waals surface area contributed by atoms with Gasteiger partial charge in [-0.25, -0.2) is 10.1 Å². The summed E-state index contributed by atoms with van der Waals surface area (Å²) in [5, 5.41) is 4.69. The molecule has 1 aromatic heterocycles. The average Bonchev–Trinajstić information content (AvgIpc) is 2.86. The number of nitrogens with two attached hydrogens (primary N) is 1. The first kappa shape index (κ1) is 14.0. The van der Waals surface area contributed by atoms with E-state index in [0.29, 0.717) is 0 Å². The number of benzene rings is 1. The third-order valence-electron chi connectivity index (χ3n) is 4.04. The van der Waals surface area contributed by atoms with Crippen LogP contribution in [0.25, 0.3) is 5.69 Å². The van der Waals surface area contributed by atoms with E-state index >= 15 is 0 Å². The number of aromatic nitrogens is 2. The zero-order valence-electron chi connectivity index (χ0n) is 12.2. The molecule has 110 valence electrons. The number of hydrogen-bond acceptors (Lipinski definition) is 3. The molecule has 3 rings (SSSR count). The Kier molecular flexibility index (Phi) is 4.48. The molecule has 1 unspecified atom stereocenters. The molecule has 0 bridgehead atoms. The fraction of sp³-hybridized carbons (Fsp3) is 0.353. The Labute approximate surface area is 125 Å². The molecule has 1 aromatic carbocycles. The Balaban J connectivity index is 1.85. The lowest BCUT2D eigenvalue weighted by molar-refractivity contribution is 0.574. The van der Waals surface area contributed by atoms with Crippen molar-refractivity contribution in [2.24, 2.45) is 5.84 Å². The van der Waals surface area contributed by atoms with Crippen LogP contribution in [-0.4, -0.2) is 9.78 Å². The van der Waals surface area contributed by atoms with E-state index in [1.807, 2.05) is 47.3 Å². The lowest BCUT2D eigenvalue weighted by Crippen LogP contribution is -2.30. The van der Waals surface area contributed by atoms with E-state index < -0.39 is 0 Å². The predicted octanol–water partition coefficient (Wildman–Crippen LogP) is 3.27. The van der Waals surface area contributed by atoms with Crippen LogP contribution in [0.5, 0.6) is 0 Å². The highest BCUT2D eigenvalue weighted by Gasteiger charge is 2.18. The zero-order chi connectivity index (χ0) is 14.5. The molecule has 0 saturated carbocycles. The van der Waals surface area contributed by atoms with Gasteiger partial charge in [0.25, 0.3) is 0 Å². The molecule has 0 fully saturated rings. The molecule has 4 nitrogen and oxygen atoms in total. The minimum Gasteiger partial charge on any atom is -0.271 e. The Morgan fingerprint density at radius 2 is 1.95 bits per heavy atom. The lowest BCUT2D eigenvalue weighted by Gasteiger charge is -2.17. The van der Waals surface area contributed by atoms with Crippen molar-refractivity contribution < 1.29 is 0 Å². The van der Waals surface area contributed by atoms with Crippen LogP contribution in [-0.2, 0) is 0 Å². The SMILES string of the molecule is NNC(C1=CCCCCC1)c1ccn(-c2ccccc2)n1. The Morgan fingerprint density at radius 3 is 2.76 bits per heavy atom. The number of allylic oxidation sites excluding steroid dienone is 1. The van der Waals surface area contributed by atoms with Gasteiger partial charge in [0.15, 0.2) is 0 Å². The topological polar surface area (TPSA) is 55.9 Å². The molecule has 0 saturated heterocycles. The molecule has 3 N–H and O–H groups in total. The third kappa shape index (κ3) is 3.23. The predicted molar refractivity (Wildman–Crippen MR) is 84.8 cm³/mol. The molecule has 0 aliphatic heterocycles. The van der Waals surface area contributed by atoms with Crippen molar-refractivity contribution in [3.05, 3.63) is 59.9 Å². The van der Waals surface area contributed by atoms with Crippen LogP contribution in [0.3, 0.4) is 0 Å². The van der Waals surface area contributed by atoms with Gasteiger partial charge in [0.2, 0.25) is 0 Å². The fourth-order valence-corrected chi connectivity index (χ4v) is 2.90. The smallest absolute Gasteiger partial charge is 0.0860 e. The van der Waals surface area contributed by atoms with Crippen molar-refractivity contribution in [2.45, 2.75) is 38.1 Å². The normalized spacial score (nSPS) is 17.1. The Bertz CT molecular complexity index is 600. The van der Waals surface area contributed by atoms with Gasteiger partial charge in [0.1, 0.15) is 0 Å². The summed E-state index contributed by atoms with van der Waals surface area (Å²) in [6.45, 7) is 0. The van der Waals surface area contributed by atoms with E-state index in [9.17, 15) is 0 Å². The van der Waals surface area contributed by atoms with Crippen LogP contribution in [0.2, 0.25) is 0 Å². The maximum absolute atomic E-state index is 5.79. The van der Waals surface area contributed by atoms with Crippen molar-refractivity contribution in [3.8, 4) is 5.69 Å². The maximum atomic E-state index is 5.79. The van der Waals surface area contributed by atoms with E-state index in [1.54, 1.807) is 0 Å². The summed E-state index contributed by atoms with van der Waals surface area (Å²) in [5.41, 5.74) is 6.35. The summed E-state index contributed by atoms with van der Waals surface area (Å²) in [6, 6.07) is 12.2. The summed E-state index contributed by atoms with van der Waals surface area (Å²) >= 11 is 0. The first-order valence-electron chi connectivity index (χ1n) is 7.64. The van der Waals surface area contributed by atoms with Crippen molar-refractivity contribution in [1.29, 1.82) is 0 Å². The number of hydrazine groups is 1. The summed E-state index contributed by atoms with van der Waals surface area (Å²) in [6.07, 6.45) is 10.4. The first-order chi connectivity index (χ1) is 10.4. The standard InChI is InChI=1S/C17H22N4/c18-19-17(14-8-4-1-2-5-9-14)16-12-13-21(20-16)15-10-6-3-7-11-15/h3,6-8,10-13,17,19H,1-2,4-5,9,18H2. The van der Waals surface area contributed by atoms with Gasteiger partial charge >= 0.3 is 0 Å². The van der Waals surface area contributed by atoms with Crippen LogP contribution in [0.1, 0.15) is 43.8 Å². The van der Waals surface area contributed by atoms with E-state index in [0.717, 1.165) is 24.2 Å². The molecule has 0 amide bonds. The summed E-state index contributed by atoms with van der Waals surface area (Å²) in [7, 11) is 0. The molecule has 1 aliphatic rings. The molecule has 2 aromatic rings. The molecule has 1 heterocycles. The monoisotopic (exact) mass is 282 g/mol. The molecule has 4 heteroatoms. The number of nitrogens with one attached hydrogen (secondary N) is 1. The molecule has 21 heavy (non-hydrogen) atoms. The van der Waals surface area contributed by atoms with Gasteiger partial charge in [-0.15, -0.1) is 0 Å². The lowest BCUT2D eigenvalue weighted by atomic mass is 10.00. The number of rotatable bonds is 4. The van der Waals surface area contributed by atoms with E-state index in [-0.39, 0.29) is 6.04 Å². The number of hydrogen-bond donors (Lipinski definition) is 2. The van der Waals surface area contributed by atoms with Crippen LogP contribution in [0.4, 0.5) is 0 Å². The summed E-state index contributed by atoms with van der Waals surface area (Å²) in [4.78, 5) is 0. The van der Waals surface area contributed by atoms with Crippen LogP contribution in [0.15, 0.2) is 54.2 Å². The van der Waals surface area contributed by atoms with Gasteiger partial charge in [-0.1, -0.05) is 30.7 Å². The van der Waals surface area contributed by atoms with Crippen molar-refractivity contribution >= 4 is 0 Å². The molecule has 1 atom stereocenters. The van der Waals surface area contributed by atoms with Gasteiger partial charge in [-0.2, -0.15) is 5.10 Å². The second-order valence-corrected chi connectivity index (χ2v) is 5.50. The number of nitrogens with zero attached hydrogens (tertiary/aromatic N) is 2. The van der Waals surface area contributed by atoms with Gasteiger partial charge in [0, 0.05) is 6.20 Å². The van der Waals surface area contributed by atoms with Crippen molar-refractivity contribution in [3.63, 3.8) is 0 Å². The second-order valence-electron chi connectivity index (χ2n) is 5.50. The summed E-state index contributed by atoms with van der Waals surface area (Å²) < 4.78 is 1.90. The van der Waals surface area contributed by atoms with Gasteiger partial charge in [-0.05, 0) is 49.5 Å². The minimum absolute atomic E-state index is 0.0214. The van der Waals surface area contributed by atoms with Crippen LogP contribution in [0, 0.1) is 0 Å². The number of para-hydroxylation sites is 1. The highest BCUT2D eigenvalue weighted by Crippen LogP contribution is 2.28. The van der Waals surface area contributed by atoms with Crippen molar-refractivity contribution in [1.82, 2.24) is 15.2 Å². The fourth-order valence-electron chi connectivity index (χ4n) is 2.90. The van der Waals surface area contributed by atoms with Gasteiger partial charge in [-0.3, -0.25) is 5.84 Å². The van der Waals surface area contributed by atoms with Gasteiger partial charge in [0.05, 0.1) is 17.4 Å². The maximum Gasteiger partial charge on any atom is 0.0860 e.